The van der Waals surface area contributed by atoms with Crippen LogP contribution in [0.2, 0.25) is 5.02 Å². The summed E-state index contributed by atoms with van der Waals surface area (Å²) >= 11 is 8.24. The van der Waals surface area contributed by atoms with E-state index in [0.29, 0.717) is 11.6 Å². The summed E-state index contributed by atoms with van der Waals surface area (Å²) in [6.45, 7) is 6.64. The molecule has 0 radical (unpaired) electrons. The van der Waals surface area contributed by atoms with Crippen molar-refractivity contribution in [3.05, 3.63) is 52.4 Å². The molecule has 1 unspecified atom stereocenters. The van der Waals surface area contributed by atoms with Gasteiger partial charge in [0.15, 0.2) is 0 Å². The highest BCUT2D eigenvalue weighted by Crippen LogP contribution is 2.41. The summed E-state index contributed by atoms with van der Waals surface area (Å²) in [7, 11) is 0. The number of hydrogen-bond donors (Lipinski definition) is 3. The Kier molecular flexibility index (Phi) is 5.13. The molecule has 0 bridgehead atoms. The fourth-order valence-electron chi connectivity index (χ4n) is 4.71. The van der Waals surface area contributed by atoms with Crippen LogP contribution in [0, 0.1) is 0 Å². The third-order valence-corrected chi connectivity index (χ3v) is 7.87. The number of carbonyl (C=O) groups is 1. The minimum atomic E-state index is -0.0159. The summed E-state index contributed by atoms with van der Waals surface area (Å²) in [6, 6.07) is 14.5. The van der Waals surface area contributed by atoms with Crippen LogP contribution in [0.15, 0.2) is 42.5 Å². The van der Waals surface area contributed by atoms with Crippen LogP contribution in [-0.2, 0) is 0 Å². The Morgan fingerprint density at radius 3 is 2.79 bits per heavy atom. The van der Waals surface area contributed by atoms with Gasteiger partial charge in [0.05, 0.1) is 21.9 Å². The largest absolute Gasteiger partial charge is 0.381 e. The number of rotatable bonds is 2. The summed E-state index contributed by atoms with van der Waals surface area (Å²) in [5.41, 5.74) is 4.72. The lowest BCUT2D eigenvalue weighted by Gasteiger charge is -2.29. The zero-order valence-corrected chi connectivity index (χ0v) is 19.8. The number of thiophene rings is 1. The van der Waals surface area contributed by atoms with E-state index >= 15 is 0 Å². The molecular formula is C25H24ClN5OS. The third kappa shape index (κ3) is 3.60. The molecule has 2 aromatic heterocycles. The first-order chi connectivity index (χ1) is 16.1. The second kappa shape index (κ2) is 8.17. The second-order valence-electron chi connectivity index (χ2n) is 8.66. The average molecular weight is 478 g/mol. The van der Waals surface area contributed by atoms with Gasteiger partial charge in [-0.3, -0.25) is 4.79 Å². The van der Waals surface area contributed by atoms with Crippen LogP contribution in [0.5, 0.6) is 0 Å². The molecule has 4 heterocycles. The first kappa shape index (κ1) is 20.7. The number of fused-ring (bicyclic) bond motifs is 5. The Labute approximate surface area is 200 Å². The highest BCUT2D eigenvalue weighted by molar-refractivity contribution is 7.21. The Morgan fingerprint density at radius 2 is 1.97 bits per heavy atom. The topological polar surface area (TPSA) is 69.3 Å². The summed E-state index contributed by atoms with van der Waals surface area (Å²) in [6.07, 6.45) is 0. The summed E-state index contributed by atoms with van der Waals surface area (Å²) < 4.78 is 1.08. The molecule has 2 aliphatic rings. The van der Waals surface area contributed by atoms with Crippen LogP contribution < -0.4 is 20.9 Å². The molecule has 1 atom stereocenters. The molecule has 0 aliphatic carbocycles. The SMILES string of the molecule is CC1CNc2c(sc3ccc4nc(-c5ccc(N6CCNCC6)cc5Cl)ccc4c23)C(=O)N1. The number of piperazine rings is 1. The Morgan fingerprint density at radius 1 is 1.12 bits per heavy atom. The molecule has 0 saturated carbocycles. The zero-order valence-electron chi connectivity index (χ0n) is 18.2. The molecule has 1 saturated heterocycles. The lowest BCUT2D eigenvalue weighted by atomic mass is 10.1. The van der Waals surface area contributed by atoms with Crippen molar-refractivity contribution in [1.29, 1.82) is 0 Å². The van der Waals surface area contributed by atoms with Gasteiger partial charge in [0.1, 0.15) is 4.88 Å². The minimum absolute atomic E-state index is 0.0159. The van der Waals surface area contributed by atoms with E-state index in [2.05, 4.69) is 45.1 Å². The highest BCUT2D eigenvalue weighted by atomic mass is 35.5. The summed E-state index contributed by atoms with van der Waals surface area (Å²) in [5.74, 6) is -0.0159. The Hall–Kier alpha value is -2.87. The number of benzene rings is 2. The molecule has 168 valence electrons. The normalized spacial score (nSPS) is 18.7. The molecule has 6 nitrogen and oxygen atoms in total. The quantitative estimate of drug-likeness (QED) is 0.389. The average Bonchev–Trinajstić information content (AvgIpc) is 3.15. The number of pyridine rings is 1. The van der Waals surface area contributed by atoms with Gasteiger partial charge in [-0.25, -0.2) is 4.98 Å². The summed E-state index contributed by atoms with van der Waals surface area (Å²) in [4.78, 5) is 20.7. The first-order valence-corrected chi connectivity index (χ1v) is 12.4. The molecule has 1 amide bonds. The highest BCUT2D eigenvalue weighted by Gasteiger charge is 2.25. The molecule has 33 heavy (non-hydrogen) atoms. The van der Waals surface area contributed by atoms with Crippen molar-refractivity contribution in [2.45, 2.75) is 13.0 Å². The van der Waals surface area contributed by atoms with Gasteiger partial charge >= 0.3 is 0 Å². The number of anilines is 2. The molecule has 1 fully saturated rings. The number of nitrogens with zero attached hydrogens (tertiary/aromatic N) is 2. The van der Waals surface area contributed by atoms with Crippen molar-refractivity contribution in [2.75, 3.05) is 42.9 Å². The fraction of sp³-hybridized carbons (Fsp3) is 0.280. The van der Waals surface area contributed by atoms with Gasteiger partial charge in [-0.1, -0.05) is 11.6 Å². The van der Waals surface area contributed by atoms with Crippen LogP contribution in [0.3, 0.4) is 0 Å². The third-order valence-electron chi connectivity index (χ3n) is 6.40. The molecule has 0 spiro atoms. The summed E-state index contributed by atoms with van der Waals surface area (Å²) in [5, 5.41) is 12.7. The molecule has 6 rings (SSSR count). The van der Waals surface area contributed by atoms with Crippen LogP contribution in [0.4, 0.5) is 11.4 Å². The number of halogens is 1. The molecule has 2 aliphatic heterocycles. The lowest BCUT2D eigenvalue weighted by Crippen LogP contribution is -2.43. The molecule has 8 heteroatoms. The standard InChI is InChI=1S/C25H24ClN5OS/c1-14-13-28-23-22-17-4-5-19(30-20(17)6-7-21(22)33-24(23)25(32)29-14)16-3-2-15(12-18(16)26)31-10-8-27-9-11-31/h2-7,12,14,27-28H,8-11,13H2,1H3,(H,29,32). The van der Waals surface area contributed by atoms with E-state index in [0.717, 1.165) is 74.7 Å². The maximum Gasteiger partial charge on any atom is 0.263 e. The van der Waals surface area contributed by atoms with Crippen molar-refractivity contribution >= 4 is 61.2 Å². The van der Waals surface area contributed by atoms with Gasteiger partial charge in [0, 0.05) is 65.5 Å². The number of amides is 1. The maximum absolute atomic E-state index is 12.7. The first-order valence-electron chi connectivity index (χ1n) is 11.2. The second-order valence-corrected chi connectivity index (χ2v) is 10.1. The number of nitrogens with one attached hydrogen (secondary N) is 3. The van der Waals surface area contributed by atoms with E-state index in [-0.39, 0.29) is 11.9 Å². The van der Waals surface area contributed by atoms with E-state index < -0.39 is 0 Å². The Balaban J connectivity index is 1.42. The number of carbonyl (C=O) groups excluding carboxylic acids is 1. The van der Waals surface area contributed by atoms with Crippen molar-refractivity contribution in [3.63, 3.8) is 0 Å². The van der Waals surface area contributed by atoms with Crippen molar-refractivity contribution in [3.8, 4) is 11.3 Å². The predicted molar refractivity (Wildman–Crippen MR) is 138 cm³/mol. The molecular weight excluding hydrogens is 454 g/mol. The van der Waals surface area contributed by atoms with Gasteiger partial charge in [-0.05, 0) is 49.4 Å². The van der Waals surface area contributed by atoms with Crippen molar-refractivity contribution in [1.82, 2.24) is 15.6 Å². The van der Waals surface area contributed by atoms with Crippen molar-refractivity contribution in [2.24, 2.45) is 0 Å². The predicted octanol–water partition coefficient (Wildman–Crippen LogP) is 4.72. The molecule has 3 N–H and O–H groups in total. The number of aromatic nitrogens is 1. The van der Waals surface area contributed by atoms with Crippen molar-refractivity contribution < 1.29 is 4.79 Å². The zero-order chi connectivity index (χ0) is 22.5. The molecule has 4 aromatic rings. The van der Waals surface area contributed by atoms with Crippen LogP contribution in [0.1, 0.15) is 16.6 Å². The minimum Gasteiger partial charge on any atom is -0.381 e. The van der Waals surface area contributed by atoms with Gasteiger partial charge in [-0.15, -0.1) is 11.3 Å². The van der Waals surface area contributed by atoms with E-state index in [9.17, 15) is 4.79 Å². The van der Waals surface area contributed by atoms with Gasteiger partial charge < -0.3 is 20.9 Å². The fourth-order valence-corrected chi connectivity index (χ4v) is 6.08. The molecule has 2 aromatic carbocycles. The van der Waals surface area contributed by atoms with Crippen LogP contribution in [0.25, 0.3) is 32.2 Å². The lowest BCUT2D eigenvalue weighted by molar-refractivity contribution is 0.0949. The van der Waals surface area contributed by atoms with E-state index in [1.54, 1.807) is 0 Å². The van der Waals surface area contributed by atoms with Gasteiger partial charge in [-0.2, -0.15) is 0 Å². The Bertz CT molecular complexity index is 1390. The number of hydrogen-bond acceptors (Lipinski definition) is 6. The van der Waals surface area contributed by atoms with Crippen LogP contribution in [-0.4, -0.2) is 49.7 Å². The monoisotopic (exact) mass is 477 g/mol. The van der Waals surface area contributed by atoms with E-state index in [1.807, 2.05) is 25.1 Å². The van der Waals surface area contributed by atoms with Gasteiger partial charge in [0.25, 0.3) is 5.91 Å². The smallest absolute Gasteiger partial charge is 0.263 e. The van der Waals surface area contributed by atoms with E-state index in [1.165, 1.54) is 11.3 Å². The maximum atomic E-state index is 12.7. The van der Waals surface area contributed by atoms with Gasteiger partial charge in [0.2, 0.25) is 0 Å². The van der Waals surface area contributed by atoms with E-state index in [4.69, 9.17) is 16.6 Å². The van der Waals surface area contributed by atoms with Crippen LogP contribution >= 0.6 is 22.9 Å².